The van der Waals surface area contributed by atoms with Gasteiger partial charge < -0.3 is 0 Å². The van der Waals surface area contributed by atoms with E-state index in [4.69, 9.17) is 23.2 Å². The summed E-state index contributed by atoms with van der Waals surface area (Å²) in [5, 5.41) is 2.50. The largest absolute Gasteiger partial charge is 0.295 e. The average Bonchev–Trinajstić information content (AvgIpc) is 2.63. The summed E-state index contributed by atoms with van der Waals surface area (Å²) in [6, 6.07) is 6.37. The summed E-state index contributed by atoms with van der Waals surface area (Å²) in [7, 11) is 0. The Morgan fingerprint density at radius 3 is 2.82 bits per heavy atom. The molecule has 94 valence electrons. The van der Waals surface area contributed by atoms with Crippen molar-refractivity contribution in [3.8, 4) is 0 Å². The molecule has 1 aromatic carbocycles. The molecule has 0 saturated carbocycles. The summed E-state index contributed by atoms with van der Waals surface area (Å²) in [6.07, 6.45) is 1.27. The third kappa shape index (κ3) is 3.17. The molecular formula is C13H16BrCl2N. The molecule has 0 aliphatic carbocycles. The fourth-order valence-corrected chi connectivity index (χ4v) is 3.92. The molecule has 2 rings (SSSR count). The Labute approximate surface area is 121 Å². The highest BCUT2D eigenvalue weighted by molar-refractivity contribution is 9.09. The number of alkyl halides is 1. The molecule has 0 N–H and O–H groups in total. The Balaban J connectivity index is 2.10. The van der Waals surface area contributed by atoms with Crippen molar-refractivity contribution in [1.29, 1.82) is 0 Å². The molecule has 1 aliphatic heterocycles. The van der Waals surface area contributed by atoms with Gasteiger partial charge in [0.15, 0.2) is 0 Å². The first-order valence-corrected chi connectivity index (χ1v) is 7.73. The van der Waals surface area contributed by atoms with Crippen LogP contribution in [-0.4, -0.2) is 22.8 Å². The Hall–Kier alpha value is 0.240. The van der Waals surface area contributed by atoms with Crippen LogP contribution in [0.1, 0.15) is 18.9 Å². The zero-order valence-corrected chi connectivity index (χ0v) is 12.9. The van der Waals surface area contributed by atoms with Gasteiger partial charge in [-0.15, -0.1) is 0 Å². The van der Waals surface area contributed by atoms with Crippen LogP contribution in [0.4, 0.5) is 0 Å². The van der Waals surface area contributed by atoms with Gasteiger partial charge in [0.1, 0.15) is 0 Å². The molecule has 1 nitrogen and oxygen atoms in total. The molecule has 4 heteroatoms. The lowest BCUT2D eigenvalue weighted by Gasteiger charge is -2.25. The van der Waals surface area contributed by atoms with E-state index in [0.717, 1.165) is 34.9 Å². The molecule has 1 heterocycles. The van der Waals surface area contributed by atoms with Crippen LogP contribution in [0.5, 0.6) is 0 Å². The fourth-order valence-electron chi connectivity index (χ4n) is 2.40. The molecule has 0 radical (unpaired) electrons. The first kappa shape index (κ1) is 13.7. The summed E-state index contributed by atoms with van der Waals surface area (Å²) < 4.78 is 0. The van der Waals surface area contributed by atoms with Crippen molar-refractivity contribution in [3.63, 3.8) is 0 Å². The van der Waals surface area contributed by atoms with Crippen LogP contribution in [0.15, 0.2) is 18.2 Å². The SMILES string of the molecule is CC1CCN(Cc2ccc(Cl)cc2Cl)C1CBr. The summed E-state index contributed by atoms with van der Waals surface area (Å²) in [6.45, 7) is 4.38. The molecule has 1 aromatic rings. The molecule has 0 bridgehead atoms. The zero-order valence-electron chi connectivity index (χ0n) is 9.80. The van der Waals surface area contributed by atoms with Crippen LogP contribution in [0.2, 0.25) is 10.0 Å². The van der Waals surface area contributed by atoms with E-state index in [-0.39, 0.29) is 0 Å². The fraction of sp³-hybridized carbons (Fsp3) is 0.538. The van der Waals surface area contributed by atoms with Gasteiger partial charge in [-0.25, -0.2) is 0 Å². The maximum absolute atomic E-state index is 6.21. The predicted molar refractivity (Wildman–Crippen MR) is 78.2 cm³/mol. The second-order valence-corrected chi connectivity index (χ2v) is 6.18. The van der Waals surface area contributed by atoms with Crippen LogP contribution in [0, 0.1) is 5.92 Å². The van der Waals surface area contributed by atoms with E-state index in [1.54, 1.807) is 0 Å². The average molecular weight is 337 g/mol. The maximum atomic E-state index is 6.21. The van der Waals surface area contributed by atoms with Crippen molar-refractivity contribution >= 4 is 39.1 Å². The molecule has 0 spiro atoms. The molecule has 0 aromatic heterocycles. The molecule has 1 saturated heterocycles. The quantitative estimate of drug-likeness (QED) is 0.729. The topological polar surface area (TPSA) is 3.24 Å². The van der Waals surface area contributed by atoms with E-state index >= 15 is 0 Å². The van der Waals surface area contributed by atoms with Gasteiger partial charge in [-0.2, -0.15) is 0 Å². The molecule has 2 unspecified atom stereocenters. The lowest BCUT2D eigenvalue weighted by Crippen LogP contribution is -2.33. The maximum Gasteiger partial charge on any atom is 0.0465 e. The number of halogens is 3. The van der Waals surface area contributed by atoms with Crippen LogP contribution >= 0.6 is 39.1 Å². The Morgan fingerprint density at radius 1 is 1.41 bits per heavy atom. The van der Waals surface area contributed by atoms with Crippen LogP contribution in [0.3, 0.4) is 0 Å². The first-order chi connectivity index (χ1) is 8.11. The second kappa shape index (κ2) is 5.92. The van der Waals surface area contributed by atoms with Crippen LogP contribution in [-0.2, 0) is 6.54 Å². The summed E-state index contributed by atoms with van der Waals surface area (Å²) in [5.74, 6) is 0.750. The third-order valence-electron chi connectivity index (χ3n) is 3.54. The standard InChI is InChI=1S/C13H16BrCl2N/c1-9-4-5-17(13(9)7-14)8-10-2-3-11(15)6-12(10)16/h2-3,6,9,13H,4-5,7-8H2,1H3. The Kier molecular flexibility index (Phi) is 4.76. The highest BCUT2D eigenvalue weighted by Crippen LogP contribution is 2.29. The zero-order chi connectivity index (χ0) is 12.4. The van der Waals surface area contributed by atoms with E-state index < -0.39 is 0 Å². The Bertz CT molecular complexity index is 397. The molecular weight excluding hydrogens is 321 g/mol. The molecule has 2 atom stereocenters. The lowest BCUT2D eigenvalue weighted by molar-refractivity contribution is 0.244. The highest BCUT2D eigenvalue weighted by atomic mass is 79.9. The van der Waals surface area contributed by atoms with Gasteiger partial charge in [-0.05, 0) is 36.6 Å². The Morgan fingerprint density at radius 2 is 2.18 bits per heavy atom. The van der Waals surface area contributed by atoms with Crippen molar-refractivity contribution in [1.82, 2.24) is 4.90 Å². The molecule has 1 aliphatic rings. The van der Waals surface area contributed by atoms with Gasteiger partial charge in [0.05, 0.1) is 0 Å². The van der Waals surface area contributed by atoms with Crippen molar-refractivity contribution < 1.29 is 0 Å². The first-order valence-electron chi connectivity index (χ1n) is 5.85. The smallest absolute Gasteiger partial charge is 0.0465 e. The second-order valence-electron chi connectivity index (χ2n) is 4.69. The molecule has 1 fully saturated rings. The van der Waals surface area contributed by atoms with Crippen molar-refractivity contribution in [2.24, 2.45) is 5.92 Å². The third-order valence-corrected chi connectivity index (χ3v) is 4.79. The van der Waals surface area contributed by atoms with Crippen LogP contribution < -0.4 is 0 Å². The van der Waals surface area contributed by atoms with E-state index in [0.29, 0.717) is 11.1 Å². The monoisotopic (exact) mass is 335 g/mol. The molecule has 17 heavy (non-hydrogen) atoms. The van der Waals surface area contributed by atoms with Crippen molar-refractivity contribution in [2.45, 2.75) is 25.9 Å². The highest BCUT2D eigenvalue weighted by Gasteiger charge is 2.30. The van der Waals surface area contributed by atoms with Gasteiger partial charge in [0.2, 0.25) is 0 Å². The number of likely N-dealkylation sites (tertiary alicyclic amines) is 1. The number of hydrogen-bond acceptors (Lipinski definition) is 1. The van der Waals surface area contributed by atoms with Gasteiger partial charge >= 0.3 is 0 Å². The summed E-state index contributed by atoms with van der Waals surface area (Å²) in [5.41, 5.74) is 1.16. The van der Waals surface area contributed by atoms with E-state index in [2.05, 4.69) is 27.8 Å². The predicted octanol–water partition coefficient (Wildman–Crippen LogP) is 4.60. The number of nitrogens with zero attached hydrogens (tertiary/aromatic N) is 1. The normalized spacial score (nSPS) is 25.4. The van der Waals surface area contributed by atoms with Gasteiger partial charge in [-0.3, -0.25) is 4.90 Å². The van der Waals surface area contributed by atoms with Gasteiger partial charge in [0, 0.05) is 28.0 Å². The van der Waals surface area contributed by atoms with E-state index in [9.17, 15) is 0 Å². The van der Waals surface area contributed by atoms with Crippen molar-refractivity contribution in [2.75, 3.05) is 11.9 Å². The molecule has 0 amide bonds. The summed E-state index contributed by atoms with van der Waals surface area (Å²) in [4.78, 5) is 2.49. The minimum absolute atomic E-state index is 0.613. The number of rotatable bonds is 3. The summed E-state index contributed by atoms with van der Waals surface area (Å²) >= 11 is 15.7. The van der Waals surface area contributed by atoms with Gasteiger partial charge in [-0.1, -0.05) is 52.1 Å². The number of benzene rings is 1. The lowest BCUT2D eigenvalue weighted by atomic mass is 10.0. The van der Waals surface area contributed by atoms with E-state index in [1.165, 1.54) is 6.42 Å². The van der Waals surface area contributed by atoms with Crippen molar-refractivity contribution in [3.05, 3.63) is 33.8 Å². The van der Waals surface area contributed by atoms with E-state index in [1.807, 2.05) is 18.2 Å². The minimum atomic E-state index is 0.613. The minimum Gasteiger partial charge on any atom is -0.295 e. The van der Waals surface area contributed by atoms with Crippen LogP contribution in [0.25, 0.3) is 0 Å². The van der Waals surface area contributed by atoms with Gasteiger partial charge in [0.25, 0.3) is 0 Å². The number of hydrogen-bond donors (Lipinski definition) is 0.